The number of carbonyl (C=O) groups is 4. The SMILES string of the molecule is CC(=O)/C=C/C(=O)[C@@H]1CC2=CC(=O)CC[C@]2(C)[C@@]23O[C@@H]2C[C@@]2(C)[C@@H](CC[C@@]24CCC(=O)O4)[C@H]13. The van der Waals surface area contributed by atoms with Crippen LogP contribution in [0.4, 0.5) is 0 Å². The van der Waals surface area contributed by atoms with E-state index in [1.165, 1.54) is 19.1 Å². The van der Waals surface area contributed by atoms with Crippen LogP contribution in [0.3, 0.4) is 0 Å². The van der Waals surface area contributed by atoms with Crippen molar-refractivity contribution in [2.24, 2.45) is 28.6 Å². The summed E-state index contributed by atoms with van der Waals surface area (Å²) in [6.45, 7) is 5.92. The molecule has 6 heteroatoms. The molecule has 0 aromatic heterocycles. The van der Waals surface area contributed by atoms with Crippen molar-refractivity contribution in [3.63, 3.8) is 0 Å². The molecule has 0 amide bonds. The van der Waals surface area contributed by atoms with Crippen LogP contribution in [0.2, 0.25) is 0 Å². The van der Waals surface area contributed by atoms with Gasteiger partial charge in [0.1, 0.15) is 11.2 Å². The van der Waals surface area contributed by atoms with E-state index < -0.39 is 11.2 Å². The summed E-state index contributed by atoms with van der Waals surface area (Å²) >= 11 is 0. The molecule has 2 aliphatic heterocycles. The van der Waals surface area contributed by atoms with Gasteiger partial charge in [-0.3, -0.25) is 19.2 Å². The average Bonchev–Trinajstić information content (AvgIpc) is 3.24. The van der Waals surface area contributed by atoms with Crippen molar-refractivity contribution in [2.45, 2.75) is 89.4 Å². The highest BCUT2D eigenvalue weighted by molar-refractivity contribution is 5.99. The zero-order chi connectivity index (χ0) is 23.4. The van der Waals surface area contributed by atoms with Crippen LogP contribution in [-0.2, 0) is 28.7 Å². The van der Waals surface area contributed by atoms with Crippen LogP contribution in [0.15, 0.2) is 23.8 Å². The predicted octanol–water partition coefficient (Wildman–Crippen LogP) is 3.67. The van der Waals surface area contributed by atoms with Gasteiger partial charge in [-0.25, -0.2) is 0 Å². The average molecular weight is 453 g/mol. The third-order valence-electron chi connectivity index (χ3n) is 10.6. The summed E-state index contributed by atoms with van der Waals surface area (Å²) in [6.07, 6.45) is 10.1. The Balaban J connectivity index is 1.47. The van der Waals surface area contributed by atoms with Gasteiger partial charge in [-0.1, -0.05) is 19.4 Å². The fourth-order valence-corrected chi connectivity index (χ4v) is 8.91. The van der Waals surface area contributed by atoms with E-state index in [0.29, 0.717) is 19.3 Å². The number of ketones is 3. The highest BCUT2D eigenvalue weighted by Gasteiger charge is 2.83. The van der Waals surface area contributed by atoms with Crippen LogP contribution in [0.1, 0.15) is 72.1 Å². The number of ether oxygens (including phenoxy) is 2. The zero-order valence-electron chi connectivity index (χ0n) is 19.6. The Hall–Kier alpha value is -2.08. The molecule has 8 atom stereocenters. The van der Waals surface area contributed by atoms with E-state index in [4.69, 9.17) is 9.47 Å². The van der Waals surface area contributed by atoms with Crippen molar-refractivity contribution >= 4 is 23.3 Å². The van der Waals surface area contributed by atoms with Crippen molar-refractivity contribution in [1.29, 1.82) is 0 Å². The number of hydrogen-bond acceptors (Lipinski definition) is 6. The fourth-order valence-electron chi connectivity index (χ4n) is 8.91. The Bertz CT molecular complexity index is 1050. The van der Waals surface area contributed by atoms with Crippen molar-refractivity contribution in [1.82, 2.24) is 0 Å². The lowest BCUT2D eigenvalue weighted by Gasteiger charge is -2.58. The minimum absolute atomic E-state index is 0.00739. The maximum atomic E-state index is 13.5. The Morgan fingerprint density at radius 2 is 1.88 bits per heavy atom. The number of esters is 1. The van der Waals surface area contributed by atoms with Gasteiger partial charge in [0.15, 0.2) is 17.3 Å². The lowest BCUT2D eigenvalue weighted by Crippen LogP contribution is -2.63. The molecule has 6 nitrogen and oxygen atoms in total. The number of carbonyl (C=O) groups excluding carboxylic acids is 4. The first-order chi connectivity index (χ1) is 15.6. The molecule has 0 N–H and O–H groups in total. The Morgan fingerprint density at radius 3 is 2.58 bits per heavy atom. The molecule has 176 valence electrons. The summed E-state index contributed by atoms with van der Waals surface area (Å²) in [4.78, 5) is 49.7. The molecule has 2 spiro atoms. The molecule has 0 unspecified atom stereocenters. The number of fused-ring (bicyclic) bond motifs is 4. The molecule has 3 saturated carbocycles. The molecule has 33 heavy (non-hydrogen) atoms. The first-order valence-corrected chi connectivity index (χ1v) is 12.4. The first-order valence-electron chi connectivity index (χ1n) is 12.4. The molecule has 6 aliphatic rings. The van der Waals surface area contributed by atoms with Gasteiger partial charge < -0.3 is 9.47 Å². The van der Waals surface area contributed by atoms with Gasteiger partial charge in [-0.05, 0) is 69.6 Å². The zero-order valence-corrected chi connectivity index (χ0v) is 19.6. The van der Waals surface area contributed by atoms with Crippen molar-refractivity contribution < 1.29 is 28.7 Å². The van der Waals surface area contributed by atoms with E-state index in [1.807, 2.05) is 0 Å². The summed E-state index contributed by atoms with van der Waals surface area (Å²) < 4.78 is 12.7. The first kappa shape index (κ1) is 21.5. The van der Waals surface area contributed by atoms with E-state index in [2.05, 4.69) is 13.8 Å². The quantitative estimate of drug-likeness (QED) is 0.369. The topological polar surface area (TPSA) is 90.0 Å². The summed E-state index contributed by atoms with van der Waals surface area (Å²) in [5.74, 6) is -0.367. The molecule has 5 fully saturated rings. The Labute approximate surface area is 194 Å². The molecule has 0 bridgehead atoms. The van der Waals surface area contributed by atoms with Crippen molar-refractivity contribution in [2.75, 3.05) is 0 Å². The van der Waals surface area contributed by atoms with Crippen LogP contribution >= 0.6 is 0 Å². The van der Waals surface area contributed by atoms with Gasteiger partial charge in [-0.15, -0.1) is 0 Å². The molecule has 6 rings (SSSR count). The highest BCUT2D eigenvalue weighted by atomic mass is 16.6. The van der Waals surface area contributed by atoms with E-state index in [9.17, 15) is 19.2 Å². The smallest absolute Gasteiger partial charge is 0.306 e. The van der Waals surface area contributed by atoms with Crippen LogP contribution < -0.4 is 0 Å². The molecule has 0 aromatic carbocycles. The lowest BCUT2D eigenvalue weighted by atomic mass is 9.43. The Morgan fingerprint density at radius 1 is 1.09 bits per heavy atom. The largest absolute Gasteiger partial charge is 0.458 e. The second-order valence-electron chi connectivity index (χ2n) is 11.8. The van der Waals surface area contributed by atoms with Crippen LogP contribution in [0.25, 0.3) is 0 Å². The van der Waals surface area contributed by atoms with Crippen LogP contribution in [0, 0.1) is 28.6 Å². The maximum Gasteiger partial charge on any atom is 0.306 e. The second kappa shape index (κ2) is 6.53. The molecule has 2 heterocycles. The molecule has 4 aliphatic carbocycles. The summed E-state index contributed by atoms with van der Waals surface area (Å²) in [5, 5.41) is 0. The highest BCUT2D eigenvalue weighted by Crippen LogP contribution is 2.78. The molecule has 0 aromatic rings. The second-order valence-corrected chi connectivity index (χ2v) is 11.8. The third-order valence-corrected chi connectivity index (χ3v) is 10.6. The summed E-state index contributed by atoms with van der Waals surface area (Å²) in [5.41, 5.74) is -0.383. The minimum atomic E-state index is -0.463. The minimum Gasteiger partial charge on any atom is -0.458 e. The van der Waals surface area contributed by atoms with E-state index >= 15 is 0 Å². The van der Waals surface area contributed by atoms with Gasteiger partial charge in [0.2, 0.25) is 0 Å². The van der Waals surface area contributed by atoms with Gasteiger partial charge in [-0.2, -0.15) is 0 Å². The fraction of sp³-hybridized carbons (Fsp3) is 0.704. The molecule has 0 radical (unpaired) electrons. The number of epoxide rings is 1. The lowest BCUT2D eigenvalue weighted by molar-refractivity contribution is -0.167. The number of hydrogen-bond donors (Lipinski definition) is 0. The summed E-state index contributed by atoms with van der Waals surface area (Å²) in [7, 11) is 0. The van der Waals surface area contributed by atoms with Crippen molar-refractivity contribution in [3.05, 3.63) is 23.8 Å². The van der Waals surface area contributed by atoms with Crippen LogP contribution in [-0.4, -0.2) is 40.6 Å². The predicted molar refractivity (Wildman–Crippen MR) is 118 cm³/mol. The summed E-state index contributed by atoms with van der Waals surface area (Å²) in [6, 6.07) is 0. The number of allylic oxidation sites excluding steroid dienone is 2. The van der Waals surface area contributed by atoms with E-state index in [-0.39, 0.29) is 58.0 Å². The molecule has 2 saturated heterocycles. The van der Waals surface area contributed by atoms with Crippen LogP contribution in [0.5, 0.6) is 0 Å². The van der Waals surface area contributed by atoms with Crippen molar-refractivity contribution in [3.8, 4) is 0 Å². The van der Waals surface area contributed by atoms with Gasteiger partial charge in [0, 0.05) is 35.5 Å². The van der Waals surface area contributed by atoms with E-state index in [1.54, 1.807) is 6.08 Å². The molecular weight excluding hydrogens is 420 g/mol. The normalized spacial score (nSPS) is 49.7. The van der Waals surface area contributed by atoms with Gasteiger partial charge in [0.05, 0.1) is 6.10 Å². The third kappa shape index (κ3) is 2.53. The Kier molecular flexibility index (Phi) is 4.24. The van der Waals surface area contributed by atoms with Gasteiger partial charge >= 0.3 is 5.97 Å². The standard InChI is InChI=1S/C27H32O6/c1-15(28)4-5-20(30)18-13-16-12-17(29)6-9-24(16,2)27-21(32-27)14-25(3)19(23(18)27)7-10-26(25)11-8-22(31)33-26/h4-5,12,18-19,21,23H,6-11,13-14H2,1-3H3/b5-4+/t18-,19-,21+,23-,24-,25-,26+,27+/m0/s1. The monoisotopic (exact) mass is 452 g/mol. The maximum absolute atomic E-state index is 13.5. The van der Waals surface area contributed by atoms with Gasteiger partial charge in [0.25, 0.3) is 0 Å². The number of rotatable bonds is 3. The molecular formula is C27H32O6. The van der Waals surface area contributed by atoms with E-state index in [0.717, 1.165) is 37.7 Å².